The Bertz CT molecular complexity index is 1740. The zero-order valence-corrected chi connectivity index (χ0v) is 35.8. The zero-order valence-electron chi connectivity index (χ0n) is 35.8. The van der Waals surface area contributed by atoms with Gasteiger partial charge in [0.15, 0.2) is 30.6 Å². The lowest BCUT2D eigenvalue weighted by atomic mass is 9.33. The molecule has 0 spiro atoms. The van der Waals surface area contributed by atoms with Crippen molar-refractivity contribution in [2.24, 2.45) is 50.2 Å². The Morgan fingerprint density at radius 2 is 1.25 bits per heavy atom. The van der Waals surface area contributed by atoms with E-state index < -0.39 is 107 Å². The lowest BCUT2D eigenvalue weighted by Crippen LogP contribution is -2.68. The molecule has 0 aromatic heterocycles. The quantitative estimate of drug-likeness (QED) is 0.164. The Morgan fingerprint density at radius 1 is 0.683 bits per heavy atom. The van der Waals surface area contributed by atoms with Crippen molar-refractivity contribution < 1.29 is 79.0 Å². The Labute approximate surface area is 350 Å². The van der Waals surface area contributed by atoms with E-state index in [0.29, 0.717) is 25.7 Å². The van der Waals surface area contributed by atoms with Crippen LogP contribution in [0.1, 0.15) is 106 Å². The lowest BCUT2D eigenvalue weighted by Gasteiger charge is -2.70. The topological polar surface area (TPSA) is 337 Å². The molecule has 5 aliphatic carbocycles. The second-order valence-electron chi connectivity index (χ2n) is 20.6. The largest absolute Gasteiger partial charge is 0.481 e. The van der Waals surface area contributed by atoms with E-state index in [1.165, 1.54) is 0 Å². The molecule has 2 heterocycles. The minimum absolute atomic E-state index is 0. The first-order valence-corrected chi connectivity index (χ1v) is 20.7. The van der Waals surface area contributed by atoms with Gasteiger partial charge in [0.2, 0.25) is 0 Å². The van der Waals surface area contributed by atoms with Crippen molar-refractivity contribution in [3.05, 3.63) is 11.6 Å². The number of aliphatic hydroxyl groups excluding tert-OH is 5. The number of rotatable bonds is 7. The molecular weight excluding hydrogens is 788 g/mol. The molecule has 342 valence electrons. The monoisotopic (exact) mass is 856 g/mol. The molecule has 0 radical (unpaired) electrons. The second-order valence-corrected chi connectivity index (χ2v) is 20.6. The lowest BCUT2D eigenvalue weighted by molar-refractivity contribution is -0.371. The van der Waals surface area contributed by atoms with Gasteiger partial charge < -0.3 is 72.1 Å². The van der Waals surface area contributed by atoms with Crippen LogP contribution in [0.5, 0.6) is 0 Å². The summed E-state index contributed by atoms with van der Waals surface area (Å²) in [6.07, 6.45) is -12.2. The van der Waals surface area contributed by atoms with Gasteiger partial charge in [0.1, 0.15) is 36.6 Å². The van der Waals surface area contributed by atoms with Gasteiger partial charge in [-0.05, 0) is 110 Å². The van der Waals surface area contributed by atoms with Crippen molar-refractivity contribution in [1.29, 1.82) is 0 Å². The predicted octanol–water partition coefficient (Wildman–Crippen LogP) is 2.57. The van der Waals surface area contributed by atoms with E-state index in [1.54, 1.807) is 0 Å². The normalized spacial score (nSPS) is 50.8. The molecule has 19 atom stereocenters. The molecule has 1 unspecified atom stereocenters. The van der Waals surface area contributed by atoms with E-state index in [9.17, 15) is 60.0 Å². The standard InChI is InChI=1S/C42H62O16.2H3N/c1-37(2)21-8-11-42(7)31(20(43)16-18-19-17-39(4,36(53)54)13-12-38(19,3)14-15-41(18,42)6)40(21,5)10-9-22(37)55-35-30(26(47)25(46)29(57-35)33(51)52)58-34-27(48)23(44)24(45)28(56-34)32(49)50;;/h16,19,21-31,34-35,44-48H,8-15,17H2,1-7H3,(H,49,50)(H,51,52)(H,53,54);2*1H3/t19-,21-,22?,23-,24-,25-,26-,27+,28-,29-,30+,31+,34-,35-,38+,39+,40-,41+,42+;;/m0../s1. The Morgan fingerprint density at radius 3 is 1.83 bits per heavy atom. The summed E-state index contributed by atoms with van der Waals surface area (Å²) in [7, 11) is 0. The van der Waals surface area contributed by atoms with Crippen molar-refractivity contribution in [2.45, 2.75) is 174 Å². The van der Waals surface area contributed by atoms with Gasteiger partial charge in [-0.3, -0.25) is 9.59 Å². The van der Waals surface area contributed by atoms with Crippen molar-refractivity contribution in [1.82, 2.24) is 12.3 Å². The van der Waals surface area contributed by atoms with Gasteiger partial charge in [-0.1, -0.05) is 47.1 Å². The number of aliphatic carboxylic acids is 3. The van der Waals surface area contributed by atoms with Crippen LogP contribution in [-0.4, -0.2) is 132 Å². The van der Waals surface area contributed by atoms with Crippen LogP contribution in [0.25, 0.3) is 0 Å². The highest BCUT2D eigenvalue weighted by Gasteiger charge is 2.71. The van der Waals surface area contributed by atoms with E-state index in [0.717, 1.165) is 37.7 Å². The predicted molar refractivity (Wildman–Crippen MR) is 209 cm³/mol. The van der Waals surface area contributed by atoms with Gasteiger partial charge in [0.05, 0.1) is 11.5 Å². The van der Waals surface area contributed by atoms with Crippen LogP contribution in [0.2, 0.25) is 0 Å². The SMILES string of the molecule is CC1(C)C(O[C@H]2O[C@H](C(=O)O)[C@@H](O)[C@H](O)[C@H]2O[C@@H]2O[C@H](C(=O)O)[C@@H](O)[C@H](O)[C@H]2O)CC[C@]2(C)[C@H]3C(=O)C=C4[C@@H]5C[C@](C)(C(=O)O)CC[C@]5(C)CC[C@@]4(C)[C@]3(C)CC[C@@H]12.N.N. The van der Waals surface area contributed by atoms with Gasteiger partial charge in [0.25, 0.3) is 0 Å². The second kappa shape index (κ2) is 15.9. The molecule has 2 saturated heterocycles. The summed E-state index contributed by atoms with van der Waals surface area (Å²) in [5.74, 6) is -4.47. The number of hydrogen-bond donors (Lipinski definition) is 10. The van der Waals surface area contributed by atoms with Crippen molar-refractivity contribution >= 4 is 23.7 Å². The average Bonchev–Trinajstić information content (AvgIpc) is 3.13. The highest BCUT2D eigenvalue weighted by molar-refractivity contribution is 5.95. The molecule has 7 rings (SSSR count). The zero-order chi connectivity index (χ0) is 42.9. The molecule has 0 aromatic rings. The summed E-state index contributed by atoms with van der Waals surface area (Å²) in [6.45, 7) is 14.8. The number of ketones is 1. The summed E-state index contributed by atoms with van der Waals surface area (Å²) in [5.41, 5.74) is -1.81. The number of ether oxygens (including phenoxy) is 4. The molecule has 18 nitrogen and oxygen atoms in total. The molecular formula is C42H68N2O16. The third kappa shape index (κ3) is 6.96. The maximum absolute atomic E-state index is 14.8. The fourth-order valence-electron chi connectivity index (χ4n) is 13.4. The van der Waals surface area contributed by atoms with E-state index in [2.05, 4.69) is 27.7 Å². The number of aliphatic hydroxyl groups is 5. The van der Waals surface area contributed by atoms with Gasteiger partial charge in [-0.2, -0.15) is 0 Å². The number of hydrogen-bond acceptors (Lipinski definition) is 15. The van der Waals surface area contributed by atoms with Crippen molar-refractivity contribution in [3.8, 4) is 0 Å². The Kier molecular flexibility index (Phi) is 12.8. The molecule has 0 bridgehead atoms. The van der Waals surface area contributed by atoms with E-state index in [4.69, 9.17) is 18.9 Å². The number of fused-ring (bicyclic) bond motifs is 7. The van der Waals surface area contributed by atoms with E-state index >= 15 is 0 Å². The van der Waals surface area contributed by atoms with Crippen molar-refractivity contribution in [2.75, 3.05) is 0 Å². The third-order valence-electron chi connectivity index (χ3n) is 17.2. The fraction of sp³-hybridized carbons (Fsp3) is 0.857. The van der Waals surface area contributed by atoms with Crippen LogP contribution >= 0.6 is 0 Å². The van der Waals surface area contributed by atoms with Crippen molar-refractivity contribution in [3.63, 3.8) is 0 Å². The van der Waals surface area contributed by atoms with E-state index in [-0.39, 0.29) is 46.7 Å². The number of carbonyl (C=O) groups excluding carboxylic acids is 1. The summed E-state index contributed by atoms with van der Waals surface area (Å²) in [6, 6.07) is 0. The van der Waals surface area contributed by atoms with Crippen LogP contribution in [0.3, 0.4) is 0 Å². The van der Waals surface area contributed by atoms with Crippen LogP contribution < -0.4 is 12.3 Å². The Balaban J connectivity index is 0.00000341. The summed E-state index contributed by atoms with van der Waals surface area (Å²) >= 11 is 0. The van der Waals surface area contributed by atoms with Gasteiger partial charge in [0, 0.05) is 5.92 Å². The molecule has 18 heteroatoms. The fourth-order valence-corrected chi connectivity index (χ4v) is 13.4. The molecule has 60 heavy (non-hydrogen) atoms. The highest BCUT2D eigenvalue weighted by Crippen LogP contribution is 2.75. The number of carboxylic acid groups (broad SMARTS) is 3. The minimum atomic E-state index is -2.05. The molecule has 0 amide bonds. The minimum Gasteiger partial charge on any atom is -0.481 e. The van der Waals surface area contributed by atoms with Crippen LogP contribution in [0.15, 0.2) is 11.6 Å². The maximum atomic E-state index is 14.8. The molecule has 4 saturated carbocycles. The Hall–Kier alpha value is -2.62. The smallest absolute Gasteiger partial charge is 0.335 e. The number of carbonyl (C=O) groups is 4. The van der Waals surface area contributed by atoms with Gasteiger partial charge >= 0.3 is 17.9 Å². The molecule has 7 aliphatic rings. The average molecular weight is 857 g/mol. The third-order valence-corrected chi connectivity index (χ3v) is 17.2. The maximum Gasteiger partial charge on any atom is 0.335 e. The summed E-state index contributed by atoms with van der Waals surface area (Å²) in [5, 5.41) is 83.0. The summed E-state index contributed by atoms with van der Waals surface area (Å²) < 4.78 is 23.4. The van der Waals surface area contributed by atoms with Gasteiger partial charge in [-0.15, -0.1) is 0 Å². The highest BCUT2D eigenvalue weighted by atomic mass is 16.8. The number of allylic oxidation sites excluding steroid dienone is 2. The van der Waals surface area contributed by atoms with Gasteiger partial charge in [-0.25, -0.2) is 9.59 Å². The molecule has 2 aliphatic heterocycles. The number of carboxylic acids is 3. The molecule has 0 aromatic carbocycles. The summed E-state index contributed by atoms with van der Waals surface area (Å²) in [4.78, 5) is 51.3. The van der Waals surface area contributed by atoms with E-state index in [1.807, 2.05) is 26.8 Å². The van der Waals surface area contributed by atoms with Crippen LogP contribution in [0, 0.1) is 50.2 Å². The van der Waals surface area contributed by atoms with Crippen LogP contribution in [-0.2, 0) is 38.1 Å². The molecule has 14 N–H and O–H groups in total. The first kappa shape index (κ1) is 48.4. The first-order chi connectivity index (χ1) is 26.8. The van der Waals surface area contributed by atoms with Crippen LogP contribution in [0.4, 0.5) is 0 Å². The molecule has 6 fully saturated rings. The first-order valence-electron chi connectivity index (χ1n) is 20.7.